The van der Waals surface area contributed by atoms with Gasteiger partial charge in [-0.2, -0.15) is 0 Å². The number of carbonyl (C=O) groups excluding carboxylic acids is 2. The van der Waals surface area contributed by atoms with E-state index in [1.54, 1.807) is 26.6 Å². The third-order valence-electron chi connectivity index (χ3n) is 6.99. The molecule has 1 aromatic heterocycles. The van der Waals surface area contributed by atoms with Crippen LogP contribution in [0.15, 0.2) is 48.9 Å². The Balaban J connectivity index is 1.39. The van der Waals surface area contributed by atoms with Crippen LogP contribution < -0.4 is 16.0 Å². The van der Waals surface area contributed by atoms with Crippen molar-refractivity contribution in [3.8, 4) is 5.69 Å². The van der Waals surface area contributed by atoms with E-state index in [4.69, 9.17) is 0 Å². The third-order valence-corrected chi connectivity index (χ3v) is 6.99. The van der Waals surface area contributed by atoms with E-state index in [0.29, 0.717) is 49.2 Å². The second kappa shape index (κ2) is 12.9. The van der Waals surface area contributed by atoms with Crippen LogP contribution in [0.2, 0.25) is 0 Å². The van der Waals surface area contributed by atoms with Gasteiger partial charge in [-0.15, -0.1) is 0 Å². The molecular weight excluding hydrogens is 502 g/mol. The molecule has 208 valence electrons. The molecule has 0 saturated heterocycles. The summed E-state index contributed by atoms with van der Waals surface area (Å²) in [5, 5.41) is 9.48. The number of imidazole rings is 1. The van der Waals surface area contributed by atoms with Crippen molar-refractivity contribution in [2.45, 2.75) is 57.7 Å². The van der Waals surface area contributed by atoms with Crippen LogP contribution in [-0.2, 0) is 29.0 Å². The molecule has 4 rings (SSSR count). The van der Waals surface area contributed by atoms with Crippen molar-refractivity contribution in [1.82, 2.24) is 25.1 Å². The Morgan fingerprint density at radius 2 is 2.00 bits per heavy atom. The quantitative estimate of drug-likeness (QED) is 0.347. The number of para-hydroxylation sites is 1. The molecule has 2 aromatic carbocycles. The van der Waals surface area contributed by atoms with Crippen LogP contribution in [0.4, 0.5) is 14.6 Å². The van der Waals surface area contributed by atoms with Gasteiger partial charge in [0.1, 0.15) is 18.0 Å². The summed E-state index contributed by atoms with van der Waals surface area (Å²) in [5.41, 5.74) is 3.09. The molecule has 0 saturated carbocycles. The van der Waals surface area contributed by atoms with Gasteiger partial charge in [0.15, 0.2) is 5.82 Å². The normalized spacial score (nSPS) is 15.5. The first-order valence-corrected chi connectivity index (χ1v) is 13.3. The van der Waals surface area contributed by atoms with Gasteiger partial charge in [-0.25, -0.2) is 13.8 Å². The summed E-state index contributed by atoms with van der Waals surface area (Å²) >= 11 is 0. The zero-order valence-corrected chi connectivity index (χ0v) is 22.6. The number of nitrogens with one attached hydrogen (secondary N) is 3. The van der Waals surface area contributed by atoms with Gasteiger partial charge >= 0.3 is 0 Å². The van der Waals surface area contributed by atoms with Gasteiger partial charge in [-0.05, 0) is 54.5 Å². The average Bonchev–Trinajstić information content (AvgIpc) is 3.37. The van der Waals surface area contributed by atoms with Gasteiger partial charge in [-0.3, -0.25) is 9.59 Å². The number of fused-ring (bicyclic) bond motifs is 1. The van der Waals surface area contributed by atoms with Crippen molar-refractivity contribution in [3.63, 3.8) is 0 Å². The maximum Gasteiger partial charge on any atom is 0.242 e. The SMILES string of the molecule is CCC[C@@H](N[C@H]1CCc2cc(F)cc(F)c2C1)C(=O)Nc1cn(-c2ccccc2CNCC(=O)N(C)C)cn1. The topological polar surface area (TPSA) is 91.3 Å². The van der Waals surface area contributed by atoms with Crippen molar-refractivity contribution in [2.24, 2.45) is 0 Å². The Morgan fingerprint density at radius 1 is 1.21 bits per heavy atom. The Bertz CT molecular complexity index is 1310. The average molecular weight is 539 g/mol. The number of carbonyl (C=O) groups is 2. The molecule has 8 nitrogen and oxygen atoms in total. The highest BCUT2D eigenvalue weighted by Crippen LogP contribution is 2.26. The largest absolute Gasteiger partial charge is 0.348 e. The van der Waals surface area contributed by atoms with Gasteiger partial charge in [0, 0.05) is 32.7 Å². The molecule has 0 aliphatic heterocycles. The molecule has 0 radical (unpaired) electrons. The number of hydrogen-bond donors (Lipinski definition) is 3. The number of halogens is 2. The summed E-state index contributed by atoms with van der Waals surface area (Å²) in [5.74, 6) is -0.877. The van der Waals surface area contributed by atoms with Gasteiger partial charge in [0.2, 0.25) is 11.8 Å². The predicted octanol–water partition coefficient (Wildman–Crippen LogP) is 3.58. The molecule has 2 atom stereocenters. The van der Waals surface area contributed by atoms with E-state index in [9.17, 15) is 18.4 Å². The maximum atomic E-state index is 14.4. The molecule has 1 aliphatic rings. The molecule has 39 heavy (non-hydrogen) atoms. The van der Waals surface area contributed by atoms with Crippen LogP contribution in [-0.4, -0.2) is 59.0 Å². The molecule has 0 bridgehead atoms. The van der Waals surface area contributed by atoms with Crippen molar-refractivity contribution in [3.05, 3.63) is 77.2 Å². The lowest BCUT2D eigenvalue weighted by atomic mass is 9.87. The Labute approximate surface area is 227 Å². The number of anilines is 1. The highest BCUT2D eigenvalue weighted by atomic mass is 19.1. The molecule has 0 fully saturated rings. The summed E-state index contributed by atoms with van der Waals surface area (Å²) < 4.78 is 29.8. The van der Waals surface area contributed by atoms with Crippen LogP contribution >= 0.6 is 0 Å². The molecule has 10 heteroatoms. The van der Waals surface area contributed by atoms with Gasteiger partial charge in [-0.1, -0.05) is 31.5 Å². The van der Waals surface area contributed by atoms with Crippen molar-refractivity contribution in [1.29, 1.82) is 0 Å². The minimum atomic E-state index is -0.557. The zero-order chi connectivity index (χ0) is 27.9. The van der Waals surface area contributed by atoms with Crippen molar-refractivity contribution in [2.75, 3.05) is 26.0 Å². The van der Waals surface area contributed by atoms with E-state index in [1.807, 2.05) is 35.8 Å². The fraction of sp³-hybridized carbons (Fsp3) is 0.414. The molecule has 1 heterocycles. The Morgan fingerprint density at radius 3 is 2.77 bits per heavy atom. The highest BCUT2D eigenvalue weighted by molar-refractivity contribution is 5.94. The highest BCUT2D eigenvalue weighted by Gasteiger charge is 2.27. The summed E-state index contributed by atoms with van der Waals surface area (Å²) in [7, 11) is 3.44. The van der Waals surface area contributed by atoms with E-state index in [-0.39, 0.29) is 24.4 Å². The minimum Gasteiger partial charge on any atom is -0.348 e. The smallest absolute Gasteiger partial charge is 0.242 e. The Hall–Kier alpha value is -3.63. The lowest BCUT2D eigenvalue weighted by molar-refractivity contribution is -0.127. The van der Waals surface area contributed by atoms with Crippen LogP contribution in [0, 0.1) is 11.6 Å². The second-order valence-electron chi connectivity index (χ2n) is 10.1. The zero-order valence-electron chi connectivity index (χ0n) is 22.6. The van der Waals surface area contributed by atoms with Gasteiger partial charge < -0.3 is 25.4 Å². The van der Waals surface area contributed by atoms with E-state index in [2.05, 4.69) is 20.9 Å². The number of rotatable bonds is 11. The van der Waals surface area contributed by atoms with Crippen LogP contribution in [0.5, 0.6) is 0 Å². The standard InChI is InChI=1S/C29H36F2N6O2/c1-4-7-25(34-22-11-10-19-12-21(30)13-24(31)23(19)14-22)29(39)35-27-17-37(18-33-27)26-9-6-5-8-20(26)15-32-16-28(38)36(2)3/h5-6,8-9,12-13,17-18,22,25,32,34H,4,7,10-11,14-16H2,1-3H3,(H,35,39)/t22-,25+/m0/s1. The predicted molar refractivity (Wildman–Crippen MR) is 147 cm³/mol. The maximum absolute atomic E-state index is 14.4. The second-order valence-corrected chi connectivity index (χ2v) is 10.1. The van der Waals surface area contributed by atoms with E-state index >= 15 is 0 Å². The van der Waals surface area contributed by atoms with Gasteiger partial charge in [0.05, 0.1) is 24.5 Å². The first kappa shape index (κ1) is 28.4. The number of benzene rings is 2. The number of nitrogens with zero attached hydrogens (tertiary/aromatic N) is 3. The van der Waals surface area contributed by atoms with Crippen LogP contribution in [0.1, 0.15) is 42.9 Å². The summed E-state index contributed by atoms with van der Waals surface area (Å²) in [4.78, 5) is 31.0. The number of likely N-dealkylation sites (N-methyl/N-ethyl adjacent to an activating group) is 1. The van der Waals surface area contributed by atoms with Gasteiger partial charge in [0.25, 0.3) is 0 Å². The molecule has 1 aliphatic carbocycles. The van der Waals surface area contributed by atoms with E-state index in [1.165, 1.54) is 11.0 Å². The molecule has 2 amide bonds. The van der Waals surface area contributed by atoms with E-state index in [0.717, 1.165) is 23.7 Å². The molecular formula is C29H36F2N6O2. The number of hydrogen-bond acceptors (Lipinski definition) is 5. The third kappa shape index (κ3) is 7.27. The summed E-state index contributed by atoms with van der Waals surface area (Å²) in [6, 6.07) is 9.54. The number of aryl methyl sites for hydroxylation is 1. The van der Waals surface area contributed by atoms with Crippen LogP contribution in [0.25, 0.3) is 5.69 Å². The van der Waals surface area contributed by atoms with Crippen molar-refractivity contribution >= 4 is 17.6 Å². The molecule has 0 spiro atoms. The van der Waals surface area contributed by atoms with Crippen molar-refractivity contribution < 1.29 is 18.4 Å². The summed E-state index contributed by atoms with van der Waals surface area (Å²) in [6.45, 7) is 2.73. The van der Waals surface area contributed by atoms with Crippen LogP contribution in [0.3, 0.4) is 0 Å². The van der Waals surface area contributed by atoms with E-state index < -0.39 is 17.7 Å². The summed E-state index contributed by atoms with van der Waals surface area (Å²) in [6.07, 6.45) is 6.47. The minimum absolute atomic E-state index is 0.00757. The number of amides is 2. The first-order valence-electron chi connectivity index (χ1n) is 13.3. The molecule has 0 unspecified atom stereocenters. The fourth-order valence-electron chi connectivity index (χ4n) is 4.90. The fourth-order valence-corrected chi connectivity index (χ4v) is 4.90. The number of aromatic nitrogens is 2. The lowest BCUT2D eigenvalue weighted by Crippen LogP contribution is -2.48. The molecule has 3 N–H and O–H groups in total. The molecule has 3 aromatic rings. The Kier molecular flexibility index (Phi) is 9.42. The first-order chi connectivity index (χ1) is 18.7. The monoisotopic (exact) mass is 538 g/mol. The lowest BCUT2D eigenvalue weighted by Gasteiger charge is -2.29.